The number of halogens is 1. The second kappa shape index (κ2) is 7.21. The molecule has 1 amide bonds. The van der Waals surface area contributed by atoms with Crippen molar-refractivity contribution in [2.24, 2.45) is 0 Å². The zero-order valence-electron chi connectivity index (χ0n) is 13.3. The molecule has 126 valence electrons. The molecule has 5 nitrogen and oxygen atoms in total. The van der Waals surface area contributed by atoms with Crippen molar-refractivity contribution in [3.8, 4) is 17.2 Å². The molecular weight excluding hydrogens is 313 g/mol. The zero-order valence-corrected chi connectivity index (χ0v) is 13.3. The van der Waals surface area contributed by atoms with Crippen LogP contribution in [0.4, 0.5) is 10.1 Å². The smallest absolute Gasteiger partial charge is 0.265 e. The minimum absolute atomic E-state index is 0.0571. The monoisotopic (exact) mass is 331 g/mol. The Labute approximate surface area is 139 Å². The lowest BCUT2D eigenvalue weighted by atomic mass is 10.2. The Hall–Kier alpha value is -2.76. The van der Waals surface area contributed by atoms with Crippen molar-refractivity contribution in [1.29, 1.82) is 0 Å². The fourth-order valence-electron chi connectivity index (χ4n) is 2.36. The van der Waals surface area contributed by atoms with Crippen LogP contribution in [0.2, 0.25) is 0 Å². The average molecular weight is 331 g/mol. The van der Waals surface area contributed by atoms with Gasteiger partial charge in [-0.05, 0) is 30.7 Å². The van der Waals surface area contributed by atoms with Gasteiger partial charge in [0, 0.05) is 11.8 Å². The van der Waals surface area contributed by atoms with E-state index in [4.69, 9.17) is 14.2 Å². The van der Waals surface area contributed by atoms with Gasteiger partial charge >= 0.3 is 0 Å². The van der Waals surface area contributed by atoms with Gasteiger partial charge in [0.05, 0.1) is 0 Å². The molecule has 2 aromatic rings. The third-order valence-corrected chi connectivity index (χ3v) is 3.58. The summed E-state index contributed by atoms with van der Waals surface area (Å²) in [6.45, 7) is 2.78. The van der Waals surface area contributed by atoms with E-state index in [1.165, 1.54) is 12.1 Å². The van der Waals surface area contributed by atoms with Crippen LogP contribution in [0, 0.1) is 5.82 Å². The normalized spacial score (nSPS) is 13.9. The number of hydrogen-bond donors (Lipinski definition) is 1. The van der Waals surface area contributed by atoms with E-state index < -0.39 is 11.9 Å². The molecule has 24 heavy (non-hydrogen) atoms. The number of benzene rings is 2. The Kier molecular flexibility index (Phi) is 4.84. The zero-order chi connectivity index (χ0) is 16.9. The van der Waals surface area contributed by atoms with Crippen molar-refractivity contribution in [1.82, 2.24) is 0 Å². The molecular formula is C18H18FNO4. The lowest BCUT2D eigenvalue weighted by Gasteiger charge is -2.20. The predicted molar refractivity (Wildman–Crippen MR) is 87.2 cm³/mol. The first-order chi connectivity index (χ1) is 11.7. The number of carbonyl (C=O) groups is 1. The number of ether oxygens (including phenoxy) is 3. The first kappa shape index (κ1) is 16.1. The molecule has 0 fully saturated rings. The van der Waals surface area contributed by atoms with Crippen LogP contribution in [0.1, 0.15) is 13.3 Å². The first-order valence-corrected chi connectivity index (χ1v) is 7.79. The maximum Gasteiger partial charge on any atom is 0.265 e. The van der Waals surface area contributed by atoms with Gasteiger partial charge in [-0.2, -0.15) is 0 Å². The maximum atomic E-state index is 13.7. The van der Waals surface area contributed by atoms with Crippen molar-refractivity contribution in [3.05, 3.63) is 48.3 Å². The molecule has 0 unspecified atom stereocenters. The topological polar surface area (TPSA) is 56.8 Å². The summed E-state index contributed by atoms with van der Waals surface area (Å²) in [6.07, 6.45) is -0.389. The Balaban J connectivity index is 1.69. The third kappa shape index (κ3) is 3.59. The summed E-state index contributed by atoms with van der Waals surface area (Å²) in [5.74, 6) is 0.443. The number of carbonyl (C=O) groups excluding carboxylic acids is 1. The predicted octanol–water partition coefficient (Wildman–Crippen LogP) is 3.39. The Morgan fingerprint density at radius 2 is 1.96 bits per heavy atom. The van der Waals surface area contributed by atoms with Crippen molar-refractivity contribution in [3.63, 3.8) is 0 Å². The second-order valence-corrected chi connectivity index (χ2v) is 5.29. The van der Waals surface area contributed by atoms with Crippen LogP contribution in [-0.4, -0.2) is 25.2 Å². The quantitative estimate of drug-likeness (QED) is 0.912. The van der Waals surface area contributed by atoms with E-state index in [2.05, 4.69) is 5.32 Å². The molecule has 0 aliphatic carbocycles. The summed E-state index contributed by atoms with van der Waals surface area (Å²) in [4.78, 5) is 12.4. The Morgan fingerprint density at radius 3 is 2.71 bits per heavy atom. The van der Waals surface area contributed by atoms with Crippen LogP contribution in [0.3, 0.4) is 0 Å². The van der Waals surface area contributed by atoms with Gasteiger partial charge in [0.15, 0.2) is 29.2 Å². The fourth-order valence-corrected chi connectivity index (χ4v) is 2.36. The van der Waals surface area contributed by atoms with Gasteiger partial charge in [-0.1, -0.05) is 19.1 Å². The van der Waals surface area contributed by atoms with Crippen LogP contribution in [0.5, 0.6) is 17.2 Å². The summed E-state index contributed by atoms with van der Waals surface area (Å²) in [5.41, 5.74) is 0.569. The van der Waals surface area contributed by atoms with E-state index in [0.29, 0.717) is 36.8 Å². The van der Waals surface area contributed by atoms with E-state index in [9.17, 15) is 9.18 Å². The molecule has 3 rings (SSSR count). The molecule has 1 heterocycles. The highest BCUT2D eigenvalue weighted by Crippen LogP contribution is 2.32. The van der Waals surface area contributed by atoms with Crippen molar-refractivity contribution < 1.29 is 23.4 Å². The van der Waals surface area contributed by atoms with Gasteiger partial charge in [0.25, 0.3) is 5.91 Å². The van der Waals surface area contributed by atoms with Gasteiger partial charge in [0.1, 0.15) is 13.2 Å². The molecule has 6 heteroatoms. The molecule has 1 aliphatic heterocycles. The van der Waals surface area contributed by atoms with Crippen LogP contribution in [0.15, 0.2) is 42.5 Å². The summed E-state index contributed by atoms with van der Waals surface area (Å²) in [6, 6.07) is 11.2. The van der Waals surface area contributed by atoms with Crippen molar-refractivity contribution >= 4 is 11.6 Å². The van der Waals surface area contributed by atoms with Crippen molar-refractivity contribution in [2.45, 2.75) is 19.4 Å². The highest BCUT2D eigenvalue weighted by atomic mass is 19.1. The summed E-state index contributed by atoms with van der Waals surface area (Å²) >= 11 is 0. The number of nitrogens with one attached hydrogen (secondary N) is 1. The number of amides is 1. The Morgan fingerprint density at radius 1 is 1.21 bits per heavy atom. The van der Waals surface area contributed by atoms with Crippen LogP contribution in [-0.2, 0) is 4.79 Å². The Bertz CT molecular complexity index is 735. The van der Waals surface area contributed by atoms with E-state index in [-0.39, 0.29) is 11.7 Å². The molecule has 1 N–H and O–H groups in total. The molecule has 0 radical (unpaired) electrons. The van der Waals surface area contributed by atoms with E-state index in [0.717, 1.165) is 0 Å². The minimum atomic E-state index is -0.796. The van der Waals surface area contributed by atoms with Gasteiger partial charge in [0.2, 0.25) is 0 Å². The first-order valence-electron chi connectivity index (χ1n) is 7.79. The molecule has 1 aliphatic rings. The fraction of sp³-hybridized carbons (Fsp3) is 0.278. The van der Waals surface area contributed by atoms with Gasteiger partial charge < -0.3 is 19.5 Å². The molecule has 0 aromatic heterocycles. The summed E-state index contributed by atoms with van der Waals surface area (Å²) in [7, 11) is 0. The summed E-state index contributed by atoms with van der Waals surface area (Å²) < 4.78 is 30.1. The van der Waals surface area contributed by atoms with Gasteiger partial charge in [-0.3, -0.25) is 4.79 Å². The SMILES string of the molecule is CC[C@@H](Oc1ccccc1F)C(=O)Nc1ccc2c(c1)OCCO2. The van der Waals surface area contributed by atoms with Crippen molar-refractivity contribution in [2.75, 3.05) is 18.5 Å². The number of hydrogen-bond acceptors (Lipinski definition) is 4. The van der Waals surface area contributed by atoms with E-state index in [1.54, 1.807) is 37.3 Å². The van der Waals surface area contributed by atoms with Crippen LogP contribution in [0.25, 0.3) is 0 Å². The molecule has 0 saturated heterocycles. The highest BCUT2D eigenvalue weighted by molar-refractivity contribution is 5.94. The second-order valence-electron chi connectivity index (χ2n) is 5.29. The molecule has 0 bridgehead atoms. The standard InChI is InChI=1S/C18H18FNO4/c1-2-14(24-15-6-4-3-5-13(15)19)18(21)20-12-7-8-16-17(11-12)23-10-9-22-16/h3-8,11,14H,2,9-10H2,1H3,(H,20,21)/t14-/m1/s1. The number of para-hydroxylation sites is 1. The van der Waals surface area contributed by atoms with E-state index >= 15 is 0 Å². The third-order valence-electron chi connectivity index (χ3n) is 3.58. The molecule has 0 saturated carbocycles. The number of rotatable bonds is 5. The maximum absolute atomic E-state index is 13.7. The summed E-state index contributed by atoms with van der Waals surface area (Å²) in [5, 5.41) is 2.76. The highest BCUT2D eigenvalue weighted by Gasteiger charge is 2.21. The van der Waals surface area contributed by atoms with Gasteiger partial charge in [-0.15, -0.1) is 0 Å². The van der Waals surface area contributed by atoms with E-state index in [1.807, 2.05) is 0 Å². The van der Waals surface area contributed by atoms with Crippen LogP contribution >= 0.6 is 0 Å². The van der Waals surface area contributed by atoms with Crippen LogP contribution < -0.4 is 19.5 Å². The average Bonchev–Trinajstić information content (AvgIpc) is 2.61. The largest absolute Gasteiger partial charge is 0.486 e. The molecule has 0 spiro atoms. The van der Waals surface area contributed by atoms with Gasteiger partial charge in [-0.25, -0.2) is 4.39 Å². The lowest BCUT2D eigenvalue weighted by Crippen LogP contribution is -2.32. The minimum Gasteiger partial charge on any atom is -0.486 e. The lowest BCUT2D eigenvalue weighted by molar-refractivity contribution is -0.122. The number of anilines is 1. The molecule has 1 atom stereocenters. The molecule has 2 aromatic carbocycles. The number of fused-ring (bicyclic) bond motifs is 1.